The van der Waals surface area contributed by atoms with Crippen LogP contribution in [0.5, 0.6) is 0 Å². The molecule has 2 unspecified atom stereocenters. The van der Waals surface area contributed by atoms with Gasteiger partial charge in [0.2, 0.25) is 5.91 Å². The van der Waals surface area contributed by atoms with Crippen molar-refractivity contribution in [1.82, 2.24) is 15.2 Å². The van der Waals surface area contributed by atoms with Gasteiger partial charge < -0.3 is 15.2 Å². The average molecular weight is 354 g/mol. The zero-order valence-electron chi connectivity index (χ0n) is 15.8. The Morgan fingerprint density at radius 1 is 1.19 bits per heavy atom. The van der Waals surface area contributed by atoms with Gasteiger partial charge in [-0.25, -0.2) is 0 Å². The van der Waals surface area contributed by atoms with Crippen LogP contribution in [0.2, 0.25) is 0 Å². The molecule has 2 saturated heterocycles. The third-order valence-electron chi connectivity index (χ3n) is 6.42. The number of H-pyrrole nitrogens is 1. The molecule has 3 heterocycles. The number of carbonyl (C=O) groups excluding carboxylic acids is 1. The molecule has 0 spiro atoms. The van der Waals surface area contributed by atoms with E-state index in [0.29, 0.717) is 24.2 Å². The van der Waals surface area contributed by atoms with Crippen LogP contribution in [0, 0.1) is 11.8 Å². The van der Waals surface area contributed by atoms with E-state index in [4.69, 9.17) is 0 Å². The monoisotopic (exact) mass is 353 g/mol. The van der Waals surface area contributed by atoms with Gasteiger partial charge in [-0.15, -0.1) is 0 Å². The fourth-order valence-corrected chi connectivity index (χ4v) is 4.80. The summed E-state index contributed by atoms with van der Waals surface area (Å²) in [6.45, 7) is 5.38. The number of para-hydroxylation sites is 1. The molecule has 1 aromatic heterocycles. The Hall–Kier alpha value is -1.81. The molecule has 0 radical (unpaired) electrons. The number of benzene rings is 1. The van der Waals surface area contributed by atoms with Crippen LogP contribution in [0.25, 0.3) is 10.9 Å². The van der Waals surface area contributed by atoms with Crippen LogP contribution in [0.1, 0.15) is 57.2 Å². The van der Waals surface area contributed by atoms with E-state index in [1.807, 2.05) is 0 Å². The summed E-state index contributed by atoms with van der Waals surface area (Å²) in [7, 11) is 0. The third kappa shape index (κ3) is 3.66. The molecule has 0 saturated carbocycles. The highest BCUT2D eigenvalue weighted by molar-refractivity contribution is 5.81. The quantitative estimate of drug-likeness (QED) is 0.863. The number of piperidine rings is 2. The molecular weight excluding hydrogens is 322 g/mol. The van der Waals surface area contributed by atoms with Crippen molar-refractivity contribution in [2.45, 2.75) is 51.5 Å². The van der Waals surface area contributed by atoms with E-state index in [1.165, 1.54) is 35.9 Å². The van der Waals surface area contributed by atoms with E-state index < -0.39 is 0 Å². The summed E-state index contributed by atoms with van der Waals surface area (Å²) in [5, 5.41) is 4.67. The first-order valence-electron chi connectivity index (χ1n) is 10.3. The lowest BCUT2D eigenvalue weighted by Crippen LogP contribution is -2.40. The SMILES string of the molecule is CC(CC(=O)N1CCCCC1c1cc2ccccc2[nH]1)C1CCNCC1. The highest BCUT2D eigenvalue weighted by Crippen LogP contribution is 2.34. The third-order valence-corrected chi connectivity index (χ3v) is 6.42. The predicted molar refractivity (Wildman–Crippen MR) is 106 cm³/mol. The number of aromatic amines is 1. The van der Waals surface area contributed by atoms with E-state index in [9.17, 15) is 4.79 Å². The Balaban J connectivity index is 1.48. The second-order valence-electron chi connectivity index (χ2n) is 8.18. The zero-order valence-corrected chi connectivity index (χ0v) is 15.8. The van der Waals surface area contributed by atoms with Crippen LogP contribution in [0.4, 0.5) is 0 Å². The van der Waals surface area contributed by atoms with Gasteiger partial charge in [0.05, 0.1) is 6.04 Å². The smallest absolute Gasteiger partial charge is 0.223 e. The molecule has 2 aliphatic rings. The van der Waals surface area contributed by atoms with E-state index in [0.717, 1.165) is 32.5 Å². The van der Waals surface area contributed by atoms with Crippen molar-refractivity contribution in [3.63, 3.8) is 0 Å². The topological polar surface area (TPSA) is 48.1 Å². The minimum atomic E-state index is 0.212. The van der Waals surface area contributed by atoms with Crippen LogP contribution in [-0.4, -0.2) is 35.4 Å². The van der Waals surface area contributed by atoms with Crippen molar-refractivity contribution < 1.29 is 4.79 Å². The molecule has 0 aliphatic carbocycles. The second-order valence-corrected chi connectivity index (χ2v) is 8.18. The van der Waals surface area contributed by atoms with Gasteiger partial charge in [-0.1, -0.05) is 25.1 Å². The number of carbonyl (C=O) groups is 1. The summed E-state index contributed by atoms with van der Waals surface area (Å²) in [6.07, 6.45) is 6.51. The molecule has 26 heavy (non-hydrogen) atoms. The fourth-order valence-electron chi connectivity index (χ4n) is 4.80. The molecule has 0 bridgehead atoms. The van der Waals surface area contributed by atoms with Crippen LogP contribution < -0.4 is 5.32 Å². The number of rotatable bonds is 4. The molecular formula is C22H31N3O. The number of nitrogens with zero attached hydrogens (tertiary/aromatic N) is 1. The summed E-state index contributed by atoms with van der Waals surface area (Å²) in [6, 6.07) is 10.8. The average Bonchev–Trinajstić information content (AvgIpc) is 3.12. The van der Waals surface area contributed by atoms with Gasteiger partial charge in [-0.05, 0) is 74.5 Å². The maximum atomic E-state index is 13.1. The van der Waals surface area contributed by atoms with Crippen molar-refractivity contribution in [1.29, 1.82) is 0 Å². The van der Waals surface area contributed by atoms with E-state index >= 15 is 0 Å². The first-order valence-corrected chi connectivity index (χ1v) is 10.3. The van der Waals surface area contributed by atoms with E-state index in [2.05, 4.69) is 52.5 Å². The highest BCUT2D eigenvalue weighted by Gasteiger charge is 2.31. The second kappa shape index (κ2) is 7.83. The summed E-state index contributed by atoms with van der Waals surface area (Å²) in [5.74, 6) is 1.52. The van der Waals surface area contributed by atoms with Crippen LogP contribution in [-0.2, 0) is 4.79 Å². The molecule has 2 N–H and O–H groups in total. The van der Waals surface area contributed by atoms with Gasteiger partial charge in [0, 0.05) is 24.2 Å². The Kier molecular flexibility index (Phi) is 5.30. The van der Waals surface area contributed by atoms with Crippen molar-refractivity contribution in [2.75, 3.05) is 19.6 Å². The number of aromatic nitrogens is 1. The van der Waals surface area contributed by atoms with Crippen LogP contribution >= 0.6 is 0 Å². The van der Waals surface area contributed by atoms with Gasteiger partial charge in [-0.2, -0.15) is 0 Å². The molecule has 1 amide bonds. The van der Waals surface area contributed by atoms with Gasteiger partial charge >= 0.3 is 0 Å². The van der Waals surface area contributed by atoms with Crippen molar-refractivity contribution in [3.8, 4) is 0 Å². The van der Waals surface area contributed by atoms with Crippen molar-refractivity contribution in [2.24, 2.45) is 11.8 Å². The molecule has 140 valence electrons. The molecule has 2 fully saturated rings. The lowest BCUT2D eigenvalue weighted by atomic mass is 9.83. The number of hydrogen-bond acceptors (Lipinski definition) is 2. The molecule has 2 atom stereocenters. The molecule has 4 nitrogen and oxygen atoms in total. The van der Waals surface area contributed by atoms with Gasteiger partial charge in [0.1, 0.15) is 0 Å². The Morgan fingerprint density at radius 2 is 2.00 bits per heavy atom. The number of nitrogens with one attached hydrogen (secondary N) is 2. The summed E-state index contributed by atoms with van der Waals surface area (Å²) < 4.78 is 0. The number of hydrogen-bond donors (Lipinski definition) is 2. The number of amides is 1. The minimum absolute atomic E-state index is 0.212. The van der Waals surface area contributed by atoms with Crippen molar-refractivity contribution >= 4 is 16.8 Å². The first kappa shape index (κ1) is 17.6. The Bertz CT molecular complexity index is 714. The lowest BCUT2D eigenvalue weighted by Gasteiger charge is -2.37. The molecule has 4 heteroatoms. The predicted octanol–water partition coefficient (Wildman–Crippen LogP) is 4.25. The van der Waals surface area contributed by atoms with Crippen LogP contribution in [0.3, 0.4) is 0 Å². The Labute approximate surface area is 156 Å². The summed E-state index contributed by atoms with van der Waals surface area (Å²) >= 11 is 0. The van der Waals surface area contributed by atoms with Crippen LogP contribution in [0.15, 0.2) is 30.3 Å². The molecule has 2 aliphatic heterocycles. The van der Waals surface area contributed by atoms with Gasteiger partial charge in [0.25, 0.3) is 0 Å². The first-order chi connectivity index (χ1) is 12.7. The van der Waals surface area contributed by atoms with Crippen molar-refractivity contribution in [3.05, 3.63) is 36.0 Å². The molecule has 1 aromatic carbocycles. The Morgan fingerprint density at radius 3 is 2.81 bits per heavy atom. The summed E-state index contributed by atoms with van der Waals surface area (Å²) in [5.41, 5.74) is 2.37. The molecule has 2 aromatic rings. The number of likely N-dealkylation sites (tertiary alicyclic amines) is 1. The maximum absolute atomic E-state index is 13.1. The van der Waals surface area contributed by atoms with Gasteiger partial charge in [0.15, 0.2) is 0 Å². The zero-order chi connectivity index (χ0) is 17.9. The summed E-state index contributed by atoms with van der Waals surface area (Å²) in [4.78, 5) is 18.9. The maximum Gasteiger partial charge on any atom is 0.223 e. The highest BCUT2D eigenvalue weighted by atomic mass is 16.2. The minimum Gasteiger partial charge on any atom is -0.357 e. The van der Waals surface area contributed by atoms with E-state index in [1.54, 1.807) is 0 Å². The number of fused-ring (bicyclic) bond motifs is 1. The normalized spacial score (nSPS) is 23.3. The van der Waals surface area contributed by atoms with Gasteiger partial charge in [-0.3, -0.25) is 4.79 Å². The lowest BCUT2D eigenvalue weighted by molar-refractivity contribution is -0.136. The fraction of sp³-hybridized carbons (Fsp3) is 0.591. The molecule has 4 rings (SSSR count). The largest absolute Gasteiger partial charge is 0.357 e. The standard InChI is InChI=1S/C22H31N3O/c1-16(17-9-11-23-12-10-17)14-22(26)25-13-5-4-8-21(25)20-15-18-6-2-3-7-19(18)24-20/h2-3,6-7,15-17,21,23-24H,4-5,8-14H2,1H3. The van der Waals surface area contributed by atoms with E-state index in [-0.39, 0.29) is 6.04 Å².